The van der Waals surface area contributed by atoms with Gasteiger partial charge in [0, 0.05) is 30.5 Å². The van der Waals surface area contributed by atoms with E-state index in [4.69, 9.17) is 19.2 Å². The number of aliphatic carboxylic acids is 1. The number of amides is 1. The van der Waals surface area contributed by atoms with Crippen molar-refractivity contribution in [3.63, 3.8) is 0 Å². The maximum Gasteiger partial charge on any atom is 0.508 e. The fraction of sp³-hybridized carbons (Fsp3) is 0.647. The summed E-state index contributed by atoms with van der Waals surface area (Å²) in [5.74, 6) is -2.06. The summed E-state index contributed by atoms with van der Waals surface area (Å²) in [4.78, 5) is 45.8. The molecule has 1 saturated heterocycles. The lowest BCUT2D eigenvalue weighted by Crippen LogP contribution is -2.51. The Morgan fingerprint density at radius 3 is 2.47 bits per heavy atom. The molecule has 2 aliphatic heterocycles. The fourth-order valence-corrected chi connectivity index (χ4v) is 7.07. The number of ether oxygens (including phenoxy) is 3. The highest BCUT2D eigenvalue weighted by molar-refractivity contribution is 5.76. The molecule has 2 fully saturated rings. The average molecular weight is 625 g/mol. The van der Waals surface area contributed by atoms with Gasteiger partial charge in [0.05, 0.1) is 17.9 Å². The van der Waals surface area contributed by atoms with Gasteiger partial charge in [-0.25, -0.2) is 14.6 Å². The Kier molecular flexibility index (Phi) is 10.1. The van der Waals surface area contributed by atoms with Crippen LogP contribution < -0.4 is 5.32 Å². The highest BCUT2D eigenvalue weighted by atomic mass is 16.7. The second kappa shape index (κ2) is 13.8. The number of benzene rings is 1. The van der Waals surface area contributed by atoms with Crippen molar-refractivity contribution in [1.82, 2.24) is 19.8 Å². The Morgan fingerprint density at radius 2 is 1.78 bits per heavy atom. The van der Waals surface area contributed by atoms with Gasteiger partial charge in [0.25, 0.3) is 0 Å². The van der Waals surface area contributed by atoms with Gasteiger partial charge >= 0.3 is 18.2 Å². The Hall–Kier alpha value is -3.60. The summed E-state index contributed by atoms with van der Waals surface area (Å²) < 4.78 is 19.3. The lowest BCUT2D eigenvalue weighted by atomic mass is 9.82. The number of nitrogens with one attached hydrogen (secondary N) is 1. The summed E-state index contributed by atoms with van der Waals surface area (Å²) in [6, 6.07) is 6.77. The van der Waals surface area contributed by atoms with Gasteiger partial charge in [-0.1, -0.05) is 38.5 Å². The highest BCUT2D eigenvalue weighted by Crippen LogP contribution is 2.39. The summed E-state index contributed by atoms with van der Waals surface area (Å²) >= 11 is 0. The molecule has 2 N–H and O–H groups in total. The standard InChI is InChI=1S/C34H48N4O7/c1-21(2)30(44-33(42)43-24-12-7-6-8-13-24)27(28-26-16-15-22-11-9-10-14-25(22)38(26)20-35-28)29(31(39)40)37-18-17-23(19-37)36-32(41)45-34(3,4)5/h9-11,14,20-21,23-24,27,29-30H,6-8,12-13,15-19H2,1-5H3,(H,36,41)(H,39,40)/t23-,27?,29-,30?/m0/s1. The first-order valence-electron chi connectivity index (χ1n) is 16.4. The van der Waals surface area contributed by atoms with Crippen LogP contribution in [0.4, 0.5) is 9.59 Å². The number of aryl methyl sites for hydroxylation is 1. The van der Waals surface area contributed by atoms with Crippen molar-refractivity contribution in [3.8, 4) is 5.69 Å². The number of carbonyl (C=O) groups is 3. The van der Waals surface area contributed by atoms with E-state index in [1.54, 1.807) is 27.1 Å². The zero-order valence-electron chi connectivity index (χ0n) is 27.2. The van der Waals surface area contributed by atoms with Crippen LogP contribution >= 0.6 is 0 Å². The predicted octanol–water partition coefficient (Wildman–Crippen LogP) is 5.62. The largest absolute Gasteiger partial charge is 0.508 e. The molecule has 11 heteroatoms. The first kappa shape index (κ1) is 32.8. The molecule has 45 heavy (non-hydrogen) atoms. The molecule has 1 saturated carbocycles. The van der Waals surface area contributed by atoms with Gasteiger partial charge in [0.2, 0.25) is 0 Å². The number of carboxylic acid groups (broad SMARTS) is 1. The number of alkyl carbamates (subject to hydrolysis) is 1. The lowest BCUT2D eigenvalue weighted by molar-refractivity contribution is -0.146. The van der Waals surface area contributed by atoms with Crippen molar-refractivity contribution in [3.05, 3.63) is 47.5 Å². The molecule has 3 aliphatic rings. The minimum Gasteiger partial charge on any atom is -0.480 e. The summed E-state index contributed by atoms with van der Waals surface area (Å²) in [6.07, 6.45) is 6.21. The van der Waals surface area contributed by atoms with Gasteiger partial charge in [-0.2, -0.15) is 0 Å². The number of hydrogen-bond donors (Lipinski definition) is 2. The Balaban J connectivity index is 1.47. The van der Waals surface area contributed by atoms with Gasteiger partial charge in [0.15, 0.2) is 0 Å². The second-order valence-corrected chi connectivity index (χ2v) is 14.0. The lowest BCUT2D eigenvalue weighted by Gasteiger charge is -2.37. The molecule has 1 aliphatic carbocycles. The van der Waals surface area contributed by atoms with E-state index in [2.05, 4.69) is 11.4 Å². The number of carboxylic acids is 1. The number of nitrogens with zero attached hydrogens (tertiary/aromatic N) is 3. The summed E-state index contributed by atoms with van der Waals surface area (Å²) in [6.45, 7) is 10.0. The molecule has 1 aromatic heterocycles. The normalized spacial score (nSPS) is 20.9. The van der Waals surface area contributed by atoms with E-state index in [0.29, 0.717) is 31.6 Å². The number of likely N-dealkylation sites (tertiary alicyclic amines) is 1. The van der Waals surface area contributed by atoms with E-state index >= 15 is 0 Å². The number of para-hydroxylation sites is 1. The van der Waals surface area contributed by atoms with Crippen LogP contribution in [0.2, 0.25) is 0 Å². The van der Waals surface area contributed by atoms with Crippen molar-refractivity contribution in [1.29, 1.82) is 0 Å². The number of fused-ring (bicyclic) bond motifs is 3. The van der Waals surface area contributed by atoms with Crippen LogP contribution in [-0.4, -0.2) is 80.8 Å². The third-order valence-electron chi connectivity index (χ3n) is 9.08. The average Bonchev–Trinajstić information content (AvgIpc) is 3.61. The van der Waals surface area contributed by atoms with Crippen LogP contribution in [0.1, 0.15) is 96.0 Å². The van der Waals surface area contributed by atoms with Gasteiger partial charge in [-0.3, -0.25) is 9.69 Å². The predicted molar refractivity (Wildman–Crippen MR) is 168 cm³/mol. The van der Waals surface area contributed by atoms with Gasteiger partial charge in [-0.05, 0) is 83.3 Å². The molecular weight excluding hydrogens is 576 g/mol. The monoisotopic (exact) mass is 624 g/mol. The molecular formula is C34H48N4O7. The van der Waals surface area contributed by atoms with Crippen LogP contribution in [0.3, 0.4) is 0 Å². The first-order valence-corrected chi connectivity index (χ1v) is 16.4. The third-order valence-corrected chi connectivity index (χ3v) is 9.08. The fourth-order valence-electron chi connectivity index (χ4n) is 7.07. The van der Waals surface area contributed by atoms with Crippen molar-refractivity contribution >= 4 is 18.2 Å². The van der Waals surface area contributed by atoms with Crippen molar-refractivity contribution in [2.45, 2.75) is 122 Å². The van der Waals surface area contributed by atoms with Crippen LogP contribution in [0, 0.1) is 5.92 Å². The maximum absolute atomic E-state index is 13.3. The van der Waals surface area contributed by atoms with Gasteiger partial charge in [0.1, 0.15) is 23.9 Å². The number of imidazole rings is 1. The van der Waals surface area contributed by atoms with Crippen molar-refractivity contribution in [2.75, 3.05) is 13.1 Å². The molecule has 5 rings (SSSR count). The maximum atomic E-state index is 13.3. The minimum absolute atomic E-state index is 0.192. The zero-order valence-corrected chi connectivity index (χ0v) is 27.2. The molecule has 0 radical (unpaired) electrons. The zero-order chi connectivity index (χ0) is 32.3. The number of rotatable bonds is 9. The van der Waals surface area contributed by atoms with E-state index in [0.717, 1.165) is 49.9 Å². The van der Waals surface area contributed by atoms with E-state index in [1.165, 1.54) is 5.56 Å². The molecule has 246 valence electrons. The first-order chi connectivity index (χ1) is 21.4. The highest BCUT2D eigenvalue weighted by Gasteiger charge is 2.47. The van der Waals surface area contributed by atoms with Crippen molar-refractivity contribution in [2.24, 2.45) is 5.92 Å². The van der Waals surface area contributed by atoms with Crippen LogP contribution in [0.25, 0.3) is 5.69 Å². The molecule has 3 heterocycles. The number of carbonyl (C=O) groups excluding carboxylic acids is 2. The number of hydrogen-bond acceptors (Lipinski definition) is 8. The Morgan fingerprint density at radius 1 is 1.04 bits per heavy atom. The number of aromatic nitrogens is 2. The van der Waals surface area contributed by atoms with E-state index in [9.17, 15) is 19.5 Å². The van der Waals surface area contributed by atoms with E-state index < -0.39 is 41.9 Å². The van der Waals surface area contributed by atoms with E-state index in [-0.39, 0.29) is 18.1 Å². The van der Waals surface area contributed by atoms with Crippen LogP contribution in [0.5, 0.6) is 0 Å². The molecule has 11 nitrogen and oxygen atoms in total. The smallest absolute Gasteiger partial charge is 0.480 e. The minimum atomic E-state index is -1.07. The molecule has 2 unspecified atom stereocenters. The van der Waals surface area contributed by atoms with E-state index in [1.807, 2.05) is 41.5 Å². The summed E-state index contributed by atoms with van der Waals surface area (Å²) in [5, 5.41) is 13.8. The topological polar surface area (TPSA) is 132 Å². The molecule has 2 aromatic rings. The molecule has 0 spiro atoms. The Labute approximate surface area is 265 Å². The quantitative estimate of drug-likeness (QED) is 0.341. The third kappa shape index (κ3) is 7.80. The summed E-state index contributed by atoms with van der Waals surface area (Å²) in [5.41, 5.74) is 3.10. The molecule has 0 bridgehead atoms. The van der Waals surface area contributed by atoms with Gasteiger partial charge in [-0.15, -0.1) is 0 Å². The second-order valence-electron chi connectivity index (χ2n) is 14.0. The molecule has 1 aromatic carbocycles. The molecule has 1 amide bonds. The van der Waals surface area contributed by atoms with Crippen molar-refractivity contribution < 1.29 is 33.7 Å². The van der Waals surface area contributed by atoms with Gasteiger partial charge < -0.3 is 29.2 Å². The SMILES string of the molecule is CC(C)C(OC(=O)OC1CCCCC1)C(c1ncn2c1CCc1ccccc1-2)[C@@H](C(=O)O)N1CC[C@H](NC(=O)OC(C)(C)C)C1. The van der Waals surface area contributed by atoms with Crippen LogP contribution in [-0.2, 0) is 31.8 Å². The summed E-state index contributed by atoms with van der Waals surface area (Å²) in [7, 11) is 0. The molecule has 4 atom stereocenters. The van der Waals surface area contributed by atoms with Crippen LogP contribution in [0.15, 0.2) is 30.6 Å². The Bertz CT molecular complexity index is 1360.